The Morgan fingerprint density at radius 3 is 2.68 bits per heavy atom. The van der Waals surface area contributed by atoms with E-state index in [2.05, 4.69) is 5.32 Å². The Morgan fingerprint density at radius 1 is 1.53 bits per heavy atom. The highest BCUT2D eigenvalue weighted by atomic mass is 32.1. The van der Waals surface area contributed by atoms with Gasteiger partial charge in [-0.15, -0.1) is 0 Å². The first kappa shape index (κ1) is 15.4. The summed E-state index contributed by atoms with van der Waals surface area (Å²) in [5.74, 6) is -0.0775. The van der Waals surface area contributed by atoms with Gasteiger partial charge >= 0.3 is 0 Å². The van der Waals surface area contributed by atoms with Crippen molar-refractivity contribution in [2.75, 3.05) is 25.5 Å². The number of nitrogens with two attached hydrogens (primary N) is 1. The lowest BCUT2D eigenvalue weighted by Crippen LogP contribution is -2.35. The summed E-state index contributed by atoms with van der Waals surface area (Å²) in [5.41, 5.74) is 8.68. The van der Waals surface area contributed by atoms with Crippen molar-refractivity contribution in [1.29, 1.82) is 0 Å². The largest absolute Gasteiger partial charge is 0.389 e. The van der Waals surface area contributed by atoms with E-state index in [1.54, 1.807) is 7.05 Å². The minimum absolute atomic E-state index is 0.0239. The molecular weight excluding hydrogens is 258 g/mol. The predicted octanol–water partition coefficient (Wildman–Crippen LogP) is 1.45. The molecular formula is C14H21N3OS. The molecule has 0 saturated carbocycles. The average Bonchev–Trinajstić information content (AvgIpc) is 2.37. The highest BCUT2D eigenvalue weighted by molar-refractivity contribution is 7.80. The molecule has 5 heteroatoms. The molecule has 0 spiro atoms. The van der Waals surface area contributed by atoms with Crippen LogP contribution < -0.4 is 16.0 Å². The van der Waals surface area contributed by atoms with Crippen molar-refractivity contribution in [2.24, 2.45) is 11.7 Å². The van der Waals surface area contributed by atoms with Crippen LogP contribution in [0.15, 0.2) is 18.2 Å². The number of aryl methyl sites for hydroxylation is 1. The molecule has 0 heterocycles. The van der Waals surface area contributed by atoms with Crippen LogP contribution in [0.3, 0.4) is 0 Å². The molecule has 1 unspecified atom stereocenters. The van der Waals surface area contributed by atoms with Crippen molar-refractivity contribution < 1.29 is 4.79 Å². The van der Waals surface area contributed by atoms with Gasteiger partial charge < -0.3 is 16.0 Å². The summed E-state index contributed by atoms with van der Waals surface area (Å²) in [6.07, 6.45) is 0. The number of thiocarbonyl (C=S) groups is 1. The number of carbonyl (C=O) groups excluding carboxylic acids is 1. The van der Waals surface area contributed by atoms with E-state index < -0.39 is 0 Å². The minimum atomic E-state index is -0.101. The van der Waals surface area contributed by atoms with Crippen molar-refractivity contribution >= 4 is 28.8 Å². The molecule has 1 atom stereocenters. The van der Waals surface area contributed by atoms with E-state index in [-0.39, 0.29) is 11.8 Å². The fourth-order valence-electron chi connectivity index (χ4n) is 2.02. The summed E-state index contributed by atoms with van der Waals surface area (Å²) >= 11 is 5.09. The van der Waals surface area contributed by atoms with Crippen molar-refractivity contribution in [1.82, 2.24) is 5.32 Å². The molecule has 19 heavy (non-hydrogen) atoms. The highest BCUT2D eigenvalue weighted by Crippen LogP contribution is 2.21. The Kier molecular flexibility index (Phi) is 5.30. The van der Waals surface area contributed by atoms with Crippen LogP contribution in [-0.2, 0) is 4.79 Å². The predicted molar refractivity (Wildman–Crippen MR) is 83.6 cm³/mol. The summed E-state index contributed by atoms with van der Waals surface area (Å²) in [7, 11) is 3.58. The average molecular weight is 279 g/mol. The van der Waals surface area contributed by atoms with Crippen molar-refractivity contribution in [3.63, 3.8) is 0 Å². The summed E-state index contributed by atoms with van der Waals surface area (Å²) in [6, 6.07) is 5.97. The van der Waals surface area contributed by atoms with E-state index in [9.17, 15) is 4.79 Å². The molecule has 1 rings (SSSR count). The number of nitrogens with zero attached hydrogens (tertiary/aromatic N) is 1. The smallest absolute Gasteiger partial charge is 0.224 e. The van der Waals surface area contributed by atoms with E-state index in [0.29, 0.717) is 11.5 Å². The first-order chi connectivity index (χ1) is 8.86. The third kappa shape index (κ3) is 3.92. The number of nitrogens with one attached hydrogen (secondary N) is 1. The molecule has 0 aliphatic rings. The van der Waals surface area contributed by atoms with Gasteiger partial charge in [0.25, 0.3) is 0 Å². The lowest BCUT2D eigenvalue weighted by atomic mass is 10.1. The number of hydrogen-bond acceptors (Lipinski definition) is 3. The Morgan fingerprint density at radius 2 is 2.16 bits per heavy atom. The third-order valence-corrected chi connectivity index (χ3v) is 3.29. The second-order valence-electron chi connectivity index (χ2n) is 4.78. The van der Waals surface area contributed by atoms with Crippen molar-refractivity contribution in [3.8, 4) is 0 Å². The maximum atomic E-state index is 11.6. The lowest BCUT2D eigenvalue weighted by Gasteiger charge is -2.25. The zero-order chi connectivity index (χ0) is 14.6. The fourth-order valence-corrected chi connectivity index (χ4v) is 2.18. The van der Waals surface area contributed by atoms with E-state index in [1.165, 1.54) is 0 Å². The molecule has 4 nitrogen and oxygen atoms in total. The summed E-state index contributed by atoms with van der Waals surface area (Å²) < 4.78 is 0. The molecule has 0 radical (unpaired) electrons. The number of benzene rings is 1. The highest BCUT2D eigenvalue weighted by Gasteiger charge is 2.16. The monoisotopic (exact) mass is 279 g/mol. The lowest BCUT2D eigenvalue weighted by molar-refractivity contribution is -0.123. The molecule has 1 aromatic rings. The van der Waals surface area contributed by atoms with Crippen LogP contribution in [0.5, 0.6) is 0 Å². The first-order valence-corrected chi connectivity index (χ1v) is 6.60. The molecule has 1 amide bonds. The zero-order valence-electron chi connectivity index (χ0n) is 11.9. The summed E-state index contributed by atoms with van der Waals surface area (Å²) in [4.78, 5) is 13.9. The Hall–Kier alpha value is -1.62. The van der Waals surface area contributed by atoms with E-state index in [0.717, 1.165) is 16.8 Å². The Balaban J connectivity index is 2.96. The van der Waals surface area contributed by atoms with Gasteiger partial charge in [-0.25, -0.2) is 0 Å². The number of carbonyl (C=O) groups is 1. The van der Waals surface area contributed by atoms with Gasteiger partial charge in [-0.05, 0) is 19.1 Å². The van der Waals surface area contributed by atoms with Crippen LogP contribution in [0.2, 0.25) is 0 Å². The maximum absolute atomic E-state index is 11.6. The van der Waals surface area contributed by atoms with Crippen molar-refractivity contribution in [2.45, 2.75) is 13.8 Å². The van der Waals surface area contributed by atoms with Crippen molar-refractivity contribution in [3.05, 3.63) is 29.3 Å². The molecule has 0 bridgehead atoms. The van der Waals surface area contributed by atoms with E-state index >= 15 is 0 Å². The van der Waals surface area contributed by atoms with Gasteiger partial charge in [0, 0.05) is 31.9 Å². The fraction of sp³-hybridized carbons (Fsp3) is 0.429. The standard InChI is InChI=1S/C14H21N3OS/c1-9-5-6-12(11(7-9)13(15)19)17(4)8-10(2)14(18)16-3/h5-7,10H,8H2,1-4H3,(H2,15,19)(H,16,18). The van der Waals surface area contributed by atoms with Gasteiger partial charge in [-0.1, -0.05) is 30.8 Å². The number of anilines is 1. The van der Waals surface area contributed by atoms with Gasteiger partial charge in [0.1, 0.15) is 4.99 Å². The summed E-state index contributed by atoms with van der Waals surface area (Å²) in [6.45, 7) is 4.50. The van der Waals surface area contributed by atoms with Gasteiger partial charge in [-0.2, -0.15) is 0 Å². The minimum Gasteiger partial charge on any atom is -0.389 e. The molecule has 104 valence electrons. The van der Waals surface area contributed by atoms with Crippen LogP contribution in [-0.4, -0.2) is 31.5 Å². The van der Waals surface area contributed by atoms with Gasteiger partial charge in [-0.3, -0.25) is 4.79 Å². The number of hydrogen-bond donors (Lipinski definition) is 2. The molecule has 3 N–H and O–H groups in total. The van der Waals surface area contributed by atoms with Gasteiger partial charge in [0.05, 0.1) is 5.92 Å². The summed E-state index contributed by atoms with van der Waals surface area (Å²) in [5, 5.41) is 2.65. The van der Waals surface area contributed by atoms with Crippen LogP contribution in [0.25, 0.3) is 0 Å². The van der Waals surface area contributed by atoms with Gasteiger partial charge in [0.2, 0.25) is 5.91 Å². The van der Waals surface area contributed by atoms with Crippen LogP contribution in [0, 0.1) is 12.8 Å². The Bertz CT molecular complexity index is 488. The normalized spacial score (nSPS) is 11.8. The van der Waals surface area contributed by atoms with Crippen LogP contribution in [0.1, 0.15) is 18.1 Å². The number of amides is 1. The number of rotatable bonds is 5. The van der Waals surface area contributed by atoms with Crippen LogP contribution >= 0.6 is 12.2 Å². The van der Waals surface area contributed by atoms with E-state index in [4.69, 9.17) is 18.0 Å². The molecule has 0 fully saturated rings. The second-order valence-corrected chi connectivity index (χ2v) is 5.22. The molecule has 0 aliphatic heterocycles. The molecule has 0 aliphatic carbocycles. The SMILES string of the molecule is CNC(=O)C(C)CN(C)c1ccc(C)cc1C(N)=S. The first-order valence-electron chi connectivity index (χ1n) is 6.20. The topological polar surface area (TPSA) is 58.4 Å². The third-order valence-electron chi connectivity index (χ3n) is 3.07. The molecule has 0 saturated heterocycles. The Labute approximate surface area is 120 Å². The van der Waals surface area contributed by atoms with E-state index in [1.807, 2.05) is 44.0 Å². The molecule has 1 aromatic carbocycles. The van der Waals surface area contributed by atoms with Crippen LogP contribution in [0.4, 0.5) is 5.69 Å². The second kappa shape index (κ2) is 6.52. The van der Waals surface area contributed by atoms with Gasteiger partial charge in [0.15, 0.2) is 0 Å². The maximum Gasteiger partial charge on any atom is 0.224 e. The quantitative estimate of drug-likeness (QED) is 0.801. The molecule has 0 aromatic heterocycles. The zero-order valence-corrected chi connectivity index (χ0v) is 12.7.